The van der Waals surface area contributed by atoms with Gasteiger partial charge < -0.3 is 10.6 Å². The lowest BCUT2D eigenvalue weighted by atomic mass is 10.1. The topological polar surface area (TPSA) is 54.0 Å². The van der Waals surface area contributed by atoms with Crippen molar-refractivity contribution in [2.45, 2.75) is 32.2 Å². The number of hydrogen-bond acceptors (Lipinski definition) is 4. The fourth-order valence-electron chi connectivity index (χ4n) is 1.79. The van der Waals surface area contributed by atoms with Crippen molar-refractivity contribution in [2.24, 2.45) is 0 Å². The Kier molecular flexibility index (Phi) is 3.90. The van der Waals surface area contributed by atoms with E-state index in [4.69, 9.17) is 0 Å². The number of carbonyl (C=O) groups excluding carboxylic acids is 1. The van der Waals surface area contributed by atoms with Gasteiger partial charge in [-0.1, -0.05) is 6.92 Å². The summed E-state index contributed by atoms with van der Waals surface area (Å²) in [5, 5.41) is 6.91. The van der Waals surface area contributed by atoms with Gasteiger partial charge in [0.15, 0.2) is 5.01 Å². The lowest BCUT2D eigenvalue weighted by molar-refractivity contribution is 0.0929. The van der Waals surface area contributed by atoms with Gasteiger partial charge in [-0.15, -0.1) is 11.3 Å². The summed E-state index contributed by atoms with van der Waals surface area (Å²) in [6.45, 7) is 4.05. The number of thiazole rings is 1. The fraction of sp³-hybridized carbons (Fsp3) is 0.636. The number of piperidine rings is 1. The standard InChI is InChI=1S/C11H17N3OS/c1-2-9-7-13-11(16-9)10(15)14-8-3-5-12-6-4-8/h7-8,12H,2-6H2,1H3,(H,14,15). The molecule has 2 rings (SSSR count). The molecule has 88 valence electrons. The first kappa shape index (κ1) is 11.5. The van der Waals surface area contributed by atoms with E-state index in [-0.39, 0.29) is 5.91 Å². The first-order chi connectivity index (χ1) is 7.79. The summed E-state index contributed by atoms with van der Waals surface area (Å²) < 4.78 is 0. The largest absolute Gasteiger partial charge is 0.347 e. The van der Waals surface area contributed by atoms with E-state index in [0.717, 1.165) is 37.2 Å². The number of nitrogens with one attached hydrogen (secondary N) is 2. The maximum atomic E-state index is 11.9. The van der Waals surface area contributed by atoms with Crippen LogP contribution in [-0.2, 0) is 6.42 Å². The molecule has 1 amide bonds. The summed E-state index contributed by atoms with van der Waals surface area (Å²) in [6.07, 6.45) is 4.76. The molecule has 16 heavy (non-hydrogen) atoms. The molecule has 5 heteroatoms. The molecular formula is C11H17N3OS. The predicted molar refractivity (Wildman–Crippen MR) is 64.8 cm³/mol. The molecule has 1 saturated heterocycles. The van der Waals surface area contributed by atoms with E-state index in [2.05, 4.69) is 22.5 Å². The third-order valence-electron chi connectivity index (χ3n) is 2.77. The summed E-state index contributed by atoms with van der Waals surface area (Å²) in [5.74, 6) is -0.0170. The van der Waals surface area contributed by atoms with Crippen LogP contribution in [0.3, 0.4) is 0 Å². The van der Waals surface area contributed by atoms with Crippen molar-refractivity contribution in [2.75, 3.05) is 13.1 Å². The Morgan fingerprint density at radius 1 is 1.62 bits per heavy atom. The van der Waals surface area contributed by atoms with E-state index in [0.29, 0.717) is 11.0 Å². The molecule has 2 N–H and O–H groups in total. The van der Waals surface area contributed by atoms with Crippen molar-refractivity contribution in [1.29, 1.82) is 0 Å². The average molecular weight is 239 g/mol. The summed E-state index contributed by atoms with van der Waals surface area (Å²) in [5.41, 5.74) is 0. The van der Waals surface area contributed by atoms with E-state index in [1.54, 1.807) is 6.20 Å². The van der Waals surface area contributed by atoms with Gasteiger partial charge in [-0.05, 0) is 32.4 Å². The van der Waals surface area contributed by atoms with E-state index in [9.17, 15) is 4.79 Å². The number of aromatic nitrogens is 1. The van der Waals surface area contributed by atoms with E-state index in [1.807, 2.05) is 0 Å². The Morgan fingerprint density at radius 3 is 3.00 bits per heavy atom. The maximum Gasteiger partial charge on any atom is 0.280 e. The van der Waals surface area contributed by atoms with Crippen LogP contribution in [0, 0.1) is 0 Å². The molecule has 1 aliphatic heterocycles. The third-order valence-corrected chi connectivity index (χ3v) is 3.91. The molecule has 1 aromatic heterocycles. The SMILES string of the molecule is CCc1cnc(C(=O)NC2CCNCC2)s1. The van der Waals surface area contributed by atoms with Crippen LogP contribution in [0.15, 0.2) is 6.20 Å². The van der Waals surface area contributed by atoms with Crippen LogP contribution >= 0.6 is 11.3 Å². The Balaban J connectivity index is 1.91. The highest BCUT2D eigenvalue weighted by atomic mass is 32.1. The fourth-order valence-corrected chi connectivity index (χ4v) is 2.54. The van der Waals surface area contributed by atoms with Crippen LogP contribution in [0.5, 0.6) is 0 Å². The summed E-state index contributed by atoms with van der Waals surface area (Å²) in [4.78, 5) is 17.2. The minimum Gasteiger partial charge on any atom is -0.347 e. The molecular weight excluding hydrogens is 222 g/mol. The normalized spacial score (nSPS) is 17.3. The van der Waals surface area contributed by atoms with Gasteiger partial charge in [-0.3, -0.25) is 4.79 Å². The lowest BCUT2D eigenvalue weighted by Gasteiger charge is -2.23. The Morgan fingerprint density at radius 2 is 2.38 bits per heavy atom. The van der Waals surface area contributed by atoms with Crippen LogP contribution in [0.1, 0.15) is 34.4 Å². The Hall–Kier alpha value is -0.940. The van der Waals surface area contributed by atoms with Crippen LogP contribution in [-0.4, -0.2) is 30.0 Å². The van der Waals surface area contributed by atoms with Gasteiger partial charge in [0.2, 0.25) is 0 Å². The maximum absolute atomic E-state index is 11.9. The molecule has 4 nitrogen and oxygen atoms in total. The number of carbonyl (C=O) groups is 1. The highest BCUT2D eigenvalue weighted by Crippen LogP contribution is 2.14. The van der Waals surface area contributed by atoms with Crippen molar-refractivity contribution in [3.63, 3.8) is 0 Å². The van der Waals surface area contributed by atoms with Gasteiger partial charge in [0.25, 0.3) is 5.91 Å². The highest BCUT2D eigenvalue weighted by Gasteiger charge is 2.18. The zero-order valence-corrected chi connectivity index (χ0v) is 10.3. The zero-order chi connectivity index (χ0) is 11.4. The van der Waals surface area contributed by atoms with Gasteiger partial charge in [0.1, 0.15) is 0 Å². The number of hydrogen-bond donors (Lipinski definition) is 2. The summed E-state index contributed by atoms with van der Waals surface area (Å²) in [6, 6.07) is 0.308. The lowest BCUT2D eigenvalue weighted by Crippen LogP contribution is -2.42. The predicted octanol–water partition coefficient (Wildman–Crippen LogP) is 1.19. The molecule has 1 aromatic rings. The molecule has 0 bridgehead atoms. The second-order valence-corrected chi connectivity index (χ2v) is 5.10. The summed E-state index contributed by atoms with van der Waals surface area (Å²) in [7, 11) is 0. The van der Waals surface area contributed by atoms with Gasteiger partial charge >= 0.3 is 0 Å². The van der Waals surface area contributed by atoms with Crippen molar-refractivity contribution in [3.8, 4) is 0 Å². The number of nitrogens with zero attached hydrogens (tertiary/aromatic N) is 1. The monoisotopic (exact) mass is 239 g/mol. The van der Waals surface area contributed by atoms with Gasteiger partial charge in [0.05, 0.1) is 0 Å². The minimum atomic E-state index is -0.0170. The molecule has 1 fully saturated rings. The van der Waals surface area contributed by atoms with E-state index in [1.165, 1.54) is 11.3 Å². The average Bonchev–Trinajstić information content (AvgIpc) is 2.79. The molecule has 0 unspecified atom stereocenters. The molecule has 2 heterocycles. The van der Waals surface area contributed by atoms with Crippen LogP contribution in [0.25, 0.3) is 0 Å². The smallest absolute Gasteiger partial charge is 0.280 e. The van der Waals surface area contributed by atoms with Gasteiger partial charge in [-0.2, -0.15) is 0 Å². The van der Waals surface area contributed by atoms with Crippen molar-refractivity contribution in [1.82, 2.24) is 15.6 Å². The zero-order valence-electron chi connectivity index (χ0n) is 9.45. The van der Waals surface area contributed by atoms with Gasteiger partial charge in [0, 0.05) is 17.1 Å². The summed E-state index contributed by atoms with van der Waals surface area (Å²) >= 11 is 1.49. The Labute approximate surface area is 99.5 Å². The molecule has 0 radical (unpaired) electrons. The number of amides is 1. The van der Waals surface area contributed by atoms with Crippen LogP contribution in [0.4, 0.5) is 0 Å². The molecule has 0 saturated carbocycles. The third kappa shape index (κ3) is 2.80. The molecule has 0 aromatic carbocycles. The van der Waals surface area contributed by atoms with Crippen molar-refractivity contribution >= 4 is 17.2 Å². The molecule has 0 spiro atoms. The van der Waals surface area contributed by atoms with E-state index < -0.39 is 0 Å². The molecule has 0 atom stereocenters. The molecule has 0 aliphatic carbocycles. The van der Waals surface area contributed by atoms with Crippen molar-refractivity contribution < 1.29 is 4.79 Å². The first-order valence-electron chi connectivity index (χ1n) is 5.76. The highest BCUT2D eigenvalue weighted by molar-refractivity contribution is 7.13. The quantitative estimate of drug-likeness (QED) is 0.833. The second-order valence-electron chi connectivity index (χ2n) is 3.98. The first-order valence-corrected chi connectivity index (χ1v) is 6.57. The van der Waals surface area contributed by atoms with Crippen molar-refractivity contribution in [3.05, 3.63) is 16.1 Å². The Bertz CT molecular complexity index is 358. The van der Waals surface area contributed by atoms with Crippen LogP contribution in [0.2, 0.25) is 0 Å². The molecule has 1 aliphatic rings. The minimum absolute atomic E-state index is 0.0170. The number of rotatable bonds is 3. The van der Waals surface area contributed by atoms with Gasteiger partial charge in [-0.25, -0.2) is 4.98 Å². The van der Waals surface area contributed by atoms with Crippen LogP contribution < -0.4 is 10.6 Å². The second kappa shape index (κ2) is 5.41. The van der Waals surface area contributed by atoms with E-state index >= 15 is 0 Å². The number of aryl methyl sites for hydroxylation is 1.